The van der Waals surface area contributed by atoms with E-state index in [-0.39, 0.29) is 33.7 Å². The van der Waals surface area contributed by atoms with Crippen LogP contribution in [0.1, 0.15) is 67.2 Å². The third-order valence-electron chi connectivity index (χ3n) is 6.21. The van der Waals surface area contributed by atoms with Crippen LogP contribution in [0.5, 0.6) is 0 Å². The number of carbonyl (C=O) groups excluding carboxylic acids is 4. The smallest absolute Gasteiger partial charge is 0.412 e. The van der Waals surface area contributed by atoms with Gasteiger partial charge in [-0.3, -0.25) is 20.2 Å². The molecule has 12 heteroatoms. The van der Waals surface area contributed by atoms with Crippen LogP contribution in [0, 0.1) is 11.8 Å². The van der Waals surface area contributed by atoms with Crippen molar-refractivity contribution in [1.82, 2.24) is 0 Å². The lowest BCUT2D eigenvalue weighted by Crippen LogP contribution is -2.32. The van der Waals surface area contributed by atoms with Crippen molar-refractivity contribution in [3.8, 4) is 0 Å². The minimum Gasteiger partial charge on any atom is -0.444 e. The quantitative estimate of drug-likeness (QED) is 0.258. The van der Waals surface area contributed by atoms with E-state index in [4.69, 9.17) is 32.7 Å². The first kappa shape index (κ1) is 33.0. The third kappa shape index (κ3) is 10.4. The predicted molar refractivity (Wildman–Crippen MR) is 165 cm³/mol. The highest BCUT2D eigenvalue weighted by Gasteiger charge is 2.30. The van der Waals surface area contributed by atoms with Crippen LogP contribution in [0.4, 0.5) is 32.3 Å². The predicted octanol–water partition coefficient (Wildman–Crippen LogP) is 8.07. The minimum atomic E-state index is -0.647. The molecule has 0 aromatic heterocycles. The van der Waals surface area contributed by atoms with Crippen LogP contribution in [0.3, 0.4) is 0 Å². The summed E-state index contributed by atoms with van der Waals surface area (Å²) in [5, 5.41) is 11.4. The van der Waals surface area contributed by atoms with Gasteiger partial charge in [0.15, 0.2) is 0 Å². The Balaban J connectivity index is 1.48. The van der Waals surface area contributed by atoms with Gasteiger partial charge in [0.05, 0.1) is 21.4 Å². The van der Waals surface area contributed by atoms with E-state index in [0.717, 1.165) is 0 Å². The monoisotopic (exact) mass is 620 g/mol. The Morgan fingerprint density at radius 3 is 1.24 bits per heavy atom. The van der Waals surface area contributed by atoms with E-state index in [0.29, 0.717) is 48.4 Å². The number of hydrogen-bond acceptors (Lipinski definition) is 6. The number of amides is 4. The zero-order chi connectivity index (χ0) is 31.2. The fraction of sp³-hybridized carbons (Fsp3) is 0.467. The van der Waals surface area contributed by atoms with Crippen molar-refractivity contribution in [3.63, 3.8) is 0 Å². The maximum atomic E-state index is 12.9. The SMILES string of the molecule is CC(C)(C)OC(=O)Nc1ccc(NC(=O)C2CCC(C(=O)Nc3ccc(NC(=O)OC(C)(C)C)c(Cl)c3)CC2)cc1Cl. The second kappa shape index (κ2) is 13.6. The number of rotatable bonds is 6. The molecule has 0 aliphatic heterocycles. The second-order valence-corrected chi connectivity index (χ2v) is 13.0. The lowest BCUT2D eigenvalue weighted by atomic mass is 9.81. The van der Waals surface area contributed by atoms with Crippen LogP contribution >= 0.6 is 23.2 Å². The molecule has 10 nitrogen and oxygen atoms in total. The van der Waals surface area contributed by atoms with Crippen LogP contribution in [0.15, 0.2) is 36.4 Å². The number of ether oxygens (including phenoxy) is 2. The van der Waals surface area contributed by atoms with Crippen LogP contribution in [0.2, 0.25) is 10.0 Å². The Bertz CT molecular complexity index is 1230. The Morgan fingerprint density at radius 1 is 0.619 bits per heavy atom. The first-order valence-corrected chi connectivity index (χ1v) is 14.5. The molecule has 1 saturated carbocycles. The molecule has 3 rings (SSSR count). The van der Waals surface area contributed by atoms with E-state index in [2.05, 4.69) is 21.3 Å². The average molecular weight is 622 g/mol. The number of benzene rings is 2. The fourth-order valence-electron chi connectivity index (χ4n) is 4.32. The largest absolute Gasteiger partial charge is 0.444 e. The van der Waals surface area contributed by atoms with Gasteiger partial charge in [-0.1, -0.05) is 23.2 Å². The van der Waals surface area contributed by atoms with Gasteiger partial charge in [0.2, 0.25) is 11.8 Å². The topological polar surface area (TPSA) is 135 Å². The molecule has 42 heavy (non-hydrogen) atoms. The molecule has 0 atom stereocenters. The van der Waals surface area contributed by atoms with E-state index in [9.17, 15) is 19.2 Å². The Labute approximate surface area is 256 Å². The van der Waals surface area contributed by atoms with Crippen molar-refractivity contribution in [3.05, 3.63) is 46.4 Å². The first-order chi connectivity index (χ1) is 19.5. The molecule has 228 valence electrons. The molecule has 0 bridgehead atoms. The number of carbonyl (C=O) groups is 4. The fourth-order valence-corrected chi connectivity index (χ4v) is 4.78. The van der Waals surface area contributed by atoms with E-state index < -0.39 is 23.4 Å². The molecule has 0 heterocycles. The highest BCUT2D eigenvalue weighted by Crippen LogP contribution is 2.33. The lowest BCUT2D eigenvalue weighted by Gasteiger charge is -2.27. The van der Waals surface area contributed by atoms with Gasteiger partial charge in [-0.15, -0.1) is 0 Å². The number of nitrogens with one attached hydrogen (secondary N) is 4. The summed E-state index contributed by atoms with van der Waals surface area (Å²) in [6.07, 6.45) is 0.949. The summed E-state index contributed by atoms with van der Waals surface area (Å²) in [6.45, 7) is 10.6. The summed E-state index contributed by atoms with van der Waals surface area (Å²) in [5.41, 5.74) is 0.440. The van der Waals surface area contributed by atoms with Crippen LogP contribution in [0.25, 0.3) is 0 Å². The van der Waals surface area contributed by atoms with Gasteiger partial charge in [-0.25, -0.2) is 9.59 Å². The standard InChI is InChI=1S/C30H38Cl2N4O6/c1-29(2,3)41-27(39)35-23-13-11-19(15-21(23)31)33-25(37)17-7-9-18(10-8-17)26(38)34-20-12-14-24(22(32)16-20)36-28(40)42-30(4,5)6/h11-18H,7-10H2,1-6H3,(H,33,37)(H,34,38)(H,35,39)(H,36,40). The molecule has 0 saturated heterocycles. The van der Waals surface area contributed by atoms with Crippen LogP contribution in [-0.2, 0) is 19.1 Å². The molecule has 1 aliphatic carbocycles. The van der Waals surface area contributed by atoms with Gasteiger partial charge in [0.1, 0.15) is 11.2 Å². The molecule has 4 N–H and O–H groups in total. The van der Waals surface area contributed by atoms with E-state index >= 15 is 0 Å². The van der Waals surface area contributed by atoms with E-state index in [1.165, 1.54) is 0 Å². The normalized spacial score (nSPS) is 17.0. The van der Waals surface area contributed by atoms with Crippen molar-refractivity contribution in [2.24, 2.45) is 11.8 Å². The Morgan fingerprint density at radius 2 is 0.952 bits per heavy atom. The number of halogens is 2. The summed E-state index contributed by atoms with van der Waals surface area (Å²) >= 11 is 12.6. The molecule has 0 spiro atoms. The zero-order valence-corrected chi connectivity index (χ0v) is 26.2. The molecule has 1 aliphatic rings. The van der Waals surface area contributed by atoms with Crippen LogP contribution < -0.4 is 21.3 Å². The van der Waals surface area contributed by atoms with Crippen molar-refractivity contribution >= 4 is 70.0 Å². The summed E-state index contributed by atoms with van der Waals surface area (Å²) in [5.74, 6) is -0.810. The maximum absolute atomic E-state index is 12.9. The van der Waals surface area contributed by atoms with Gasteiger partial charge in [0.25, 0.3) is 0 Å². The molecule has 0 unspecified atom stereocenters. The lowest BCUT2D eigenvalue weighted by molar-refractivity contribution is -0.125. The molecule has 2 aromatic carbocycles. The Kier molecular flexibility index (Phi) is 10.7. The molecule has 4 amide bonds. The molecular formula is C30H38Cl2N4O6. The van der Waals surface area contributed by atoms with Gasteiger partial charge >= 0.3 is 12.2 Å². The summed E-state index contributed by atoms with van der Waals surface area (Å²) in [6, 6.07) is 9.60. The zero-order valence-electron chi connectivity index (χ0n) is 24.7. The summed E-state index contributed by atoms with van der Waals surface area (Å²) < 4.78 is 10.5. The maximum Gasteiger partial charge on any atom is 0.412 e. The Hall–Kier alpha value is -3.50. The second-order valence-electron chi connectivity index (χ2n) is 12.2. The van der Waals surface area contributed by atoms with Gasteiger partial charge in [0, 0.05) is 23.2 Å². The van der Waals surface area contributed by atoms with Crippen LogP contribution in [-0.4, -0.2) is 35.2 Å². The van der Waals surface area contributed by atoms with Gasteiger partial charge in [-0.2, -0.15) is 0 Å². The number of hydrogen-bond donors (Lipinski definition) is 4. The van der Waals surface area contributed by atoms with Crippen molar-refractivity contribution < 1.29 is 28.7 Å². The highest BCUT2D eigenvalue weighted by molar-refractivity contribution is 6.34. The number of anilines is 4. The van der Waals surface area contributed by atoms with E-state index in [1.54, 1.807) is 77.9 Å². The molecule has 2 aromatic rings. The summed E-state index contributed by atoms with van der Waals surface area (Å²) in [4.78, 5) is 49.8. The van der Waals surface area contributed by atoms with Crippen molar-refractivity contribution in [2.75, 3.05) is 21.3 Å². The molecule has 1 fully saturated rings. The van der Waals surface area contributed by atoms with Crippen molar-refractivity contribution in [2.45, 2.75) is 78.4 Å². The van der Waals surface area contributed by atoms with Gasteiger partial charge in [-0.05, 0) is 104 Å². The average Bonchev–Trinajstić information content (AvgIpc) is 2.85. The van der Waals surface area contributed by atoms with Gasteiger partial charge < -0.3 is 20.1 Å². The van der Waals surface area contributed by atoms with E-state index in [1.807, 2.05) is 0 Å². The molecular weight excluding hydrogens is 583 g/mol. The first-order valence-electron chi connectivity index (χ1n) is 13.7. The minimum absolute atomic E-state index is 0.155. The molecule has 0 radical (unpaired) electrons. The highest BCUT2D eigenvalue weighted by atomic mass is 35.5. The summed E-state index contributed by atoms with van der Waals surface area (Å²) in [7, 11) is 0. The third-order valence-corrected chi connectivity index (χ3v) is 6.84. The van der Waals surface area contributed by atoms with Crippen molar-refractivity contribution in [1.29, 1.82) is 0 Å².